The third-order valence-electron chi connectivity index (χ3n) is 2.98. The highest BCUT2D eigenvalue weighted by Gasteiger charge is 2.24. The van der Waals surface area contributed by atoms with Crippen LogP contribution in [-0.2, 0) is 0 Å². The van der Waals surface area contributed by atoms with E-state index < -0.39 is 0 Å². The fourth-order valence-corrected chi connectivity index (χ4v) is 2.47. The van der Waals surface area contributed by atoms with Crippen LogP contribution in [0.4, 0.5) is 0 Å². The number of amides is 1. The maximum atomic E-state index is 12.2. The summed E-state index contributed by atoms with van der Waals surface area (Å²) in [4.78, 5) is 14.7. The van der Waals surface area contributed by atoms with E-state index in [9.17, 15) is 4.79 Å². The Morgan fingerprint density at radius 2 is 2.06 bits per heavy atom. The zero-order chi connectivity index (χ0) is 11.7. The average molecular weight is 286 g/mol. The lowest BCUT2D eigenvalue weighted by atomic mass is 10.1. The number of piperidine rings is 1. The van der Waals surface area contributed by atoms with Crippen molar-refractivity contribution < 1.29 is 9.21 Å². The number of furan rings is 1. The molecule has 0 spiro atoms. The van der Waals surface area contributed by atoms with E-state index in [-0.39, 0.29) is 5.91 Å². The molecule has 2 rings (SSSR count). The third-order valence-corrected chi connectivity index (χ3v) is 3.90. The molecule has 4 heteroatoms. The van der Waals surface area contributed by atoms with Gasteiger partial charge < -0.3 is 9.32 Å². The topological polar surface area (TPSA) is 33.5 Å². The van der Waals surface area contributed by atoms with Gasteiger partial charge in [0.2, 0.25) is 0 Å². The number of alkyl halides is 1. The summed E-state index contributed by atoms with van der Waals surface area (Å²) in [6, 6.07) is 1.83. The molecule has 0 saturated carbocycles. The summed E-state index contributed by atoms with van der Waals surface area (Å²) in [5.74, 6) is 1.63. The lowest BCUT2D eigenvalue weighted by molar-refractivity contribution is 0.0726. The lowest BCUT2D eigenvalue weighted by Crippen LogP contribution is -2.38. The fourth-order valence-electron chi connectivity index (χ4n) is 2.06. The van der Waals surface area contributed by atoms with Crippen LogP contribution in [0.1, 0.15) is 34.7 Å². The van der Waals surface area contributed by atoms with Crippen molar-refractivity contribution >= 4 is 21.8 Å². The molecule has 1 saturated heterocycles. The van der Waals surface area contributed by atoms with Crippen LogP contribution in [0.3, 0.4) is 0 Å². The van der Waals surface area contributed by atoms with Crippen LogP contribution >= 0.6 is 15.9 Å². The minimum absolute atomic E-state index is 0.105. The number of halogens is 1. The predicted octanol–water partition coefficient (Wildman–Crippen LogP) is 2.90. The number of hydrogen-bond acceptors (Lipinski definition) is 2. The number of nitrogens with zero attached hydrogens (tertiary/aromatic N) is 1. The molecule has 1 aromatic rings. The minimum Gasteiger partial charge on any atom is -0.466 e. The van der Waals surface area contributed by atoms with E-state index in [0.717, 1.165) is 37.5 Å². The fraction of sp³-hybridized carbons (Fsp3) is 0.583. The number of carbonyl (C=O) groups excluding carboxylic acids is 1. The van der Waals surface area contributed by atoms with E-state index in [1.54, 1.807) is 0 Å². The first-order chi connectivity index (χ1) is 7.58. The van der Waals surface area contributed by atoms with E-state index in [1.165, 1.54) is 0 Å². The van der Waals surface area contributed by atoms with E-state index in [2.05, 4.69) is 15.9 Å². The Morgan fingerprint density at radius 3 is 2.56 bits per heavy atom. The minimum atomic E-state index is 0.105. The second kappa shape index (κ2) is 4.62. The van der Waals surface area contributed by atoms with Gasteiger partial charge in [0.25, 0.3) is 5.91 Å². The zero-order valence-electron chi connectivity index (χ0n) is 9.62. The zero-order valence-corrected chi connectivity index (χ0v) is 11.2. The molecule has 0 aromatic carbocycles. The van der Waals surface area contributed by atoms with Crippen molar-refractivity contribution in [3.05, 3.63) is 23.2 Å². The molecular formula is C12H16BrNO2. The number of likely N-dealkylation sites (tertiary alicyclic amines) is 1. The average Bonchev–Trinajstić information content (AvgIpc) is 2.58. The Hall–Kier alpha value is -0.770. The van der Waals surface area contributed by atoms with E-state index >= 15 is 0 Å². The molecule has 0 N–H and O–H groups in total. The van der Waals surface area contributed by atoms with Crippen molar-refractivity contribution in [2.24, 2.45) is 0 Å². The summed E-state index contributed by atoms with van der Waals surface area (Å²) < 4.78 is 5.39. The standard InChI is InChI=1S/C12H16BrNO2/c1-8-7-11(9(2)16-8)12(15)14-5-3-10(13)4-6-14/h7,10H,3-6H2,1-2H3. The van der Waals surface area contributed by atoms with Gasteiger partial charge in [-0.05, 0) is 32.8 Å². The Morgan fingerprint density at radius 1 is 1.44 bits per heavy atom. The van der Waals surface area contributed by atoms with Gasteiger partial charge in [-0.25, -0.2) is 0 Å². The van der Waals surface area contributed by atoms with Crippen LogP contribution in [0.25, 0.3) is 0 Å². The molecule has 3 nitrogen and oxygen atoms in total. The first kappa shape index (κ1) is 11.7. The Labute approximate surface area is 104 Å². The van der Waals surface area contributed by atoms with Crippen LogP contribution < -0.4 is 0 Å². The summed E-state index contributed by atoms with van der Waals surface area (Å²) in [6.45, 7) is 5.38. The maximum Gasteiger partial charge on any atom is 0.257 e. The van der Waals surface area contributed by atoms with Crippen molar-refractivity contribution in [2.75, 3.05) is 13.1 Å². The van der Waals surface area contributed by atoms with Gasteiger partial charge in [-0.2, -0.15) is 0 Å². The summed E-state index contributed by atoms with van der Waals surface area (Å²) in [6.07, 6.45) is 2.06. The van der Waals surface area contributed by atoms with Gasteiger partial charge in [0, 0.05) is 17.9 Å². The Balaban J connectivity index is 2.10. The molecule has 1 aliphatic heterocycles. The second-order valence-corrected chi connectivity index (χ2v) is 5.59. The van der Waals surface area contributed by atoms with Crippen molar-refractivity contribution in [1.82, 2.24) is 4.90 Å². The second-order valence-electron chi connectivity index (χ2n) is 4.29. The molecule has 0 bridgehead atoms. The number of carbonyl (C=O) groups is 1. The van der Waals surface area contributed by atoms with Gasteiger partial charge >= 0.3 is 0 Å². The molecular weight excluding hydrogens is 270 g/mol. The van der Waals surface area contributed by atoms with Crippen LogP contribution in [0, 0.1) is 13.8 Å². The molecule has 1 amide bonds. The largest absolute Gasteiger partial charge is 0.466 e. The normalized spacial score (nSPS) is 17.8. The molecule has 88 valence electrons. The number of aryl methyl sites for hydroxylation is 2. The molecule has 1 aromatic heterocycles. The molecule has 16 heavy (non-hydrogen) atoms. The SMILES string of the molecule is Cc1cc(C(=O)N2CCC(Br)CC2)c(C)o1. The Kier molecular flexibility index (Phi) is 3.38. The number of hydrogen-bond donors (Lipinski definition) is 0. The van der Waals surface area contributed by atoms with Gasteiger partial charge in [-0.15, -0.1) is 0 Å². The van der Waals surface area contributed by atoms with Gasteiger partial charge in [0.15, 0.2) is 0 Å². The summed E-state index contributed by atoms with van der Waals surface area (Å²) >= 11 is 3.58. The molecule has 1 fully saturated rings. The van der Waals surface area contributed by atoms with Gasteiger partial charge in [0.1, 0.15) is 11.5 Å². The molecule has 2 heterocycles. The Bertz CT molecular complexity index is 392. The van der Waals surface area contributed by atoms with E-state index in [1.807, 2.05) is 24.8 Å². The smallest absolute Gasteiger partial charge is 0.257 e. The summed E-state index contributed by atoms with van der Waals surface area (Å²) in [7, 11) is 0. The highest BCUT2D eigenvalue weighted by atomic mass is 79.9. The summed E-state index contributed by atoms with van der Waals surface area (Å²) in [5.41, 5.74) is 0.713. The van der Waals surface area contributed by atoms with Crippen LogP contribution in [0.2, 0.25) is 0 Å². The highest BCUT2D eigenvalue weighted by molar-refractivity contribution is 9.09. The predicted molar refractivity (Wildman–Crippen MR) is 66.0 cm³/mol. The molecule has 0 atom stereocenters. The first-order valence-electron chi connectivity index (χ1n) is 5.58. The maximum absolute atomic E-state index is 12.2. The monoisotopic (exact) mass is 285 g/mol. The molecule has 0 radical (unpaired) electrons. The van der Waals surface area contributed by atoms with E-state index in [0.29, 0.717) is 10.4 Å². The van der Waals surface area contributed by atoms with Crippen molar-refractivity contribution in [2.45, 2.75) is 31.5 Å². The quantitative estimate of drug-likeness (QED) is 0.744. The molecule has 1 aliphatic rings. The van der Waals surface area contributed by atoms with Crippen molar-refractivity contribution in [3.63, 3.8) is 0 Å². The van der Waals surface area contributed by atoms with Gasteiger partial charge in [0.05, 0.1) is 5.56 Å². The number of rotatable bonds is 1. The lowest BCUT2D eigenvalue weighted by Gasteiger charge is -2.29. The first-order valence-corrected chi connectivity index (χ1v) is 6.50. The van der Waals surface area contributed by atoms with Crippen molar-refractivity contribution in [3.8, 4) is 0 Å². The molecule has 0 unspecified atom stereocenters. The van der Waals surface area contributed by atoms with Crippen LogP contribution in [0.15, 0.2) is 10.5 Å². The van der Waals surface area contributed by atoms with Gasteiger partial charge in [-0.1, -0.05) is 15.9 Å². The van der Waals surface area contributed by atoms with Crippen LogP contribution in [0.5, 0.6) is 0 Å². The highest BCUT2D eigenvalue weighted by Crippen LogP contribution is 2.21. The molecule has 0 aliphatic carbocycles. The van der Waals surface area contributed by atoms with E-state index in [4.69, 9.17) is 4.42 Å². The van der Waals surface area contributed by atoms with Gasteiger partial charge in [-0.3, -0.25) is 4.79 Å². The third kappa shape index (κ3) is 2.32. The summed E-state index contributed by atoms with van der Waals surface area (Å²) in [5, 5.41) is 0. The van der Waals surface area contributed by atoms with Crippen LogP contribution in [-0.4, -0.2) is 28.7 Å². The van der Waals surface area contributed by atoms with Crippen molar-refractivity contribution in [1.29, 1.82) is 0 Å².